The fourth-order valence-electron chi connectivity index (χ4n) is 2.48. The molecule has 2 aromatic rings. The van der Waals surface area contributed by atoms with Crippen LogP contribution in [-0.2, 0) is 0 Å². The number of anilines is 1. The van der Waals surface area contributed by atoms with Gasteiger partial charge < -0.3 is 9.47 Å². The van der Waals surface area contributed by atoms with Gasteiger partial charge in [0.25, 0.3) is 5.56 Å². The van der Waals surface area contributed by atoms with Gasteiger partial charge in [-0.1, -0.05) is 5.21 Å². The van der Waals surface area contributed by atoms with Crippen LogP contribution in [0.4, 0.5) is 5.82 Å². The lowest BCUT2D eigenvalue weighted by Crippen LogP contribution is -2.50. The molecule has 98 valence electrons. The Morgan fingerprint density at radius 3 is 2.63 bits per heavy atom. The molecule has 0 amide bonds. The van der Waals surface area contributed by atoms with Gasteiger partial charge in [0.1, 0.15) is 0 Å². The molecule has 1 aliphatic carbocycles. The largest absolute Gasteiger partial charge is 0.348 e. The fourth-order valence-corrected chi connectivity index (χ4v) is 2.48. The maximum absolute atomic E-state index is 12.3. The van der Waals surface area contributed by atoms with Crippen molar-refractivity contribution >= 4 is 5.82 Å². The van der Waals surface area contributed by atoms with E-state index in [1.807, 2.05) is 20.3 Å². The number of nitrogens with zero attached hydrogens (tertiary/aromatic N) is 6. The minimum atomic E-state index is 0.0297. The van der Waals surface area contributed by atoms with Gasteiger partial charge in [0.15, 0.2) is 5.82 Å². The standard InChI is InChI=1S/C12H14N6O/c19-12-11(13-3-5-17(12)9-1-2-9)16-7-10(8-16)18-6-4-14-15-18/h3-6,9-10H,1-2,7-8H2. The van der Waals surface area contributed by atoms with E-state index in [2.05, 4.69) is 15.3 Å². The summed E-state index contributed by atoms with van der Waals surface area (Å²) in [5.41, 5.74) is 0.0297. The molecule has 2 fully saturated rings. The van der Waals surface area contributed by atoms with E-state index >= 15 is 0 Å². The normalized spacial score (nSPS) is 19.5. The van der Waals surface area contributed by atoms with Crippen LogP contribution in [0.15, 0.2) is 29.6 Å². The lowest BCUT2D eigenvalue weighted by Gasteiger charge is -2.39. The highest BCUT2D eigenvalue weighted by molar-refractivity contribution is 5.40. The molecule has 0 spiro atoms. The van der Waals surface area contributed by atoms with Crippen molar-refractivity contribution in [2.75, 3.05) is 18.0 Å². The second kappa shape index (κ2) is 3.91. The number of hydrogen-bond donors (Lipinski definition) is 0. The van der Waals surface area contributed by atoms with E-state index in [-0.39, 0.29) is 5.56 Å². The zero-order valence-electron chi connectivity index (χ0n) is 10.4. The Hall–Kier alpha value is -2.18. The molecule has 7 heteroatoms. The van der Waals surface area contributed by atoms with E-state index in [1.54, 1.807) is 18.6 Å². The van der Waals surface area contributed by atoms with Crippen LogP contribution >= 0.6 is 0 Å². The smallest absolute Gasteiger partial charge is 0.293 e. The molecule has 19 heavy (non-hydrogen) atoms. The third-order valence-electron chi connectivity index (χ3n) is 3.77. The molecule has 0 aromatic carbocycles. The van der Waals surface area contributed by atoms with Gasteiger partial charge in [0.05, 0.1) is 12.2 Å². The van der Waals surface area contributed by atoms with Crippen LogP contribution in [0.25, 0.3) is 0 Å². The van der Waals surface area contributed by atoms with Gasteiger partial charge in [-0.05, 0) is 12.8 Å². The summed E-state index contributed by atoms with van der Waals surface area (Å²) in [4.78, 5) is 18.5. The van der Waals surface area contributed by atoms with Crippen LogP contribution in [0.5, 0.6) is 0 Å². The maximum atomic E-state index is 12.3. The van der Waals surface area contributed by atoms with E-state index in [0.717, 1.165) is 25.9 Å². The van der Waals surface area contributed by atoms with Gasteiger partial charge in [-0.2, -0.15) is 0 Å². The fraction of sp³-hybridized carbons (Fsp3) is 0.500. The molecule has 0 unspecified atom stereocenters. The summed E-state index contributed by atoms with van der Waals surface area (Å²) in [6.07, 6.45) is 9.23. The summed E-state index contributed by atoms with van der Waals surface area (Å²) in [7, 11) is 0. The molecule has 3 heterocycles. The molecule has 1 saturated heterocycles. The highest BCUT2D eigenvalue weighted by Crippen LogP contribution is 2.33. The van der Waals surface area contributed by atoms with E-state index in [9.17, 15) is 4.79 Å². The summed E-state index contributed by atoms with van der Waals surface area (Å²) in [6.45, 7) is 1.53. The lowest BCUT2D eigenvalue weighted by atomic mass is 10.1. The SMILES string of the molecule is O=c1c(N2CC(n3ccnn3)C2)nccn1C1CC1. The molecule has 0 radical (unpaired) electrons. The van der Waals surface area contributed by atoms with Gasteiger partial charge >= 0.3 is 0 Å². The molecular formula is C12H14N6O. The van der Waals surface area contributed by atoms with Crippen LogP contribution in [0.3, 0.4) is 0 Å². The van der Waals surface area contributed by atoms with Gasteiger partial charge in [-0.25, -0.2) is 9.67 Å². The van der Waals surface area contributed by atoms with E-state index in [0.29, 0.717) is 17.9 Å². The molecule has 0 N–H and O–H groups in total. The number of rotatable bonds is 3. The molecule has 2 aliphatic rings. The third-order valence-corrected chi connectivity index (χ3v) is 3.77. The van der Waals surface area contributed by atoms with Gasteiger partial charge in [0.2, 0.25) is 0 Å². The van der Waals surface area contributed by atoms with E-state index in [1.165, 1.54) is 0 Å². The Labute approximate surface area is 109 Å². The summed E-state index contributed by atoms with van der Waals surface area (Å²) >= 11 is 0. The molecule has 7 nitrogen and oxygen atoms in total. The zero-order chi connectivity index (χ0) is 12.8. The Morgan fingerprint density at radius 1 is 1.11 bits per heavy atom. The van der Waals surface area contributed by atoms with Crippen molar-refractivity contribution in [3.8, 4) is 0 Å². The molecule has 2 aromatic heterocycles. The topological polar surface area (TPSA) is 68.8 Å². The third kappa shape index (κ3) is 1.73. The summed E-state index contributed by atoms with van der Waals surface area (Å²) in [5.74, 6) is 0.561. The first-order chi connectivity index (χ1) is 9.33. The molecular weight excluding hydrogens is 244 g/mol. The summed E-state index contributed by atoms with van der Waals surface area (Å²) in [5, 5.41) is 7.78. The Bertz CT molecular complexity index is 638. The van der Waals surface area contributed by atoms with Gasteiger partial charge in [-0.15, -0.1) is 5.10 Å². The Morgan fingerprint density at radius 2 is 1.95 bits per heavy atom. The Kier molecular flexibility index (Phi) is 2.20. The van der Waals surface area contributed by atoms with Crippen molar-refractivity contribution in [1.82, 2.24) is 24.5 Å². The highest BCUT2D eigenvalue weighted by atomic mass is 16.1. The summed E-state index contributed by atoms with van der Waals surface area (Å²) in [6, 6.07) is 0.680. The molecule has 0 atom stereocenters. The predicted octanol–water partition coefficient (Wildman–Crippen LogP) is 0.231. The zero-order valence-corrected chi connectivity index (χ0v) is 10.4. The second-order valence-electron chi connectivity index (χ2n) is 5.14. The van der Waals surface area contributed by atoms with E-state index < -0.39 is 0 Å². The quantitative estimate of drug-likeness (QED) is 0.788. The van der Waals surface area contributed by atoms with E-state index in [4.69, 9.17) is 0 Å². The molecule has 0 bridgehead atoms. The van der Waals surface area contributed by atoms with Crippen molar-refractivity contribution in [3.05, 3.63) is 35.1 Å². The van der Waals surface area contributed by atoms with Crippen LogP contribution in [-0.4, -0.2) is 37.6 Å². The van der Waals surface area contributed by atoms with Crippen LogP contribution in [0, 0.1) is 0 Å². The Balaban J connectivity index is 1.55. The lowest BCUT2D eigenvalue weighted by molar-refractivity contribution is 0.357. The van der Waals surface area contributed by atoms with Crippen molar-refractivity contribution < 1.29 is 0 Å². The van der Waals surface area contributed by atoms with Gasteiger partial charge in [-0.3, -0.25) is 4.79 Å². The minimum absolute atomic E-state index is 0.0297. The average Bonchev–Trinajstić information content (AvgIpc) is 3.06. The average molecular weight is 258 g/mol. The van der Waals surface area contributed by atoms with Crippen LogP contribution in [0.2, 0.25) is 0 Å². The monoisotopic (exact) mass is 258 g/mol. The van der Waals surface area contributed by atoms with Crippen molar-refractivity contribution in [2.45, 2.75) is 24.9 Å². The van der Waals surface area contributed by atoms with Crippen molar-refractivity contribution in [1.29, 1.82) is 0 Å². The maximum Gasteiger partial charge on any atom is 0.293 e. The van der Waals surface area contributed by atoms with Crippen LogP contribution in [0.1, 0.15) is 24.9 Å². The minimum Gasteiger partial charge on any atom is -0.348 e. The molecule has 1 saturated carbocycles. The highest BCUT2D eigenvalue weighted by Gasteiger charge is 2.33. The molecule has 4 rings (SSSR count). The number of aromatic nitrogens is 5. The predicted molar refractivity (Wildman–Crippen MR) is 68.0 cm³/mol. The first kappa shape index (κ1) is 10.7. The first-order valence-electron chi connectivity index (χ1n) is 6.51. The first-order valence-corrected chi connectivity index (χ1v) is 6.51. The summed E-state index contributed by atoms with van der Waals surface area (Å²) < 4.78 is 3.64. The second-order valence-corrected chi connectivity index (χ2v) is 5.14. The molecule has 1 aliphatic heterocycles. The van der Waals surface area contributed by atoms with Gasteiger partial charge in [0, 0.05) is 37.7 Å². The van der Waals surface area contributed by atoms with Crippen molar-refractivity contribution in [3.63, 3.8) is 0 Å². The van der Waals surface area contributed by atoms with Crippen molar-refractivity contribution in [2.24, 2.45) is 0 Å². The number of hydrogen-bond acceptors (Lipinski definition) is 5. The van der Waals surface area contributed by atoms with Crippen LogP contribution < -0.4 is 10.5 Å².